The normalized spacial score (nSPS) is 12.7. The number of hydrogen-bond acceptors (Lipinski definition) is 6. The fourth-order valence-electron chi connectivity index (χ4n) is 5.85. The van der Waals surface area contributed by atoms with Crippen LogP contribution in [0, 0.1) is 12.7 Å². The van der Waals surface area contributed by atoms with Gasteiger partial charge in [0.25, 0.3) is 5.91 Å². The zero-order chi connectivity index (χ0) is 29.6. The summed E-state index contributed by atoms with van der Waals surface area (Å²) in [7, 11) is 0. The summed E-state index contributed by atoms with van der Waals surface area (Å²) in [5, 5.41) is 11.8. The van der Waals surface area contributed by atoms with Crippen LogP contribution in [0.1, 0.15) is 65.7 Å². The maximum absolute atomic E-state index is 14.1. The number of carbonyl (C=O) groups excluding carboxylic acids is 1. The number of nitrogens with zero attached hydrogens (tertiary/aromatic N) is 3. The molecule has 3 N–H and O–H groups in total. The van der Waals surface area contributed by atoms with E-state index < -0.39 is 0 Å². The van der Waals surface area contributed by atoms with Gasteiger partial charge in [-0.05, 0) is 93.5 Å². The molecule has 0 aliphatic heterocycles. The smallest absolute Gasteiger partial charge is 0.251 e. The molecule has 2 heterocycles. The lowest BCUT2D eigenvalue weighted by Crippen LogP contribution is -2.24. The number of nitrogens with one attached hydrogen (secondary N) is 3. The van der Waals surface area contributed by atoms with Crippen molar-refractivity contribution in [2.75, 3.05) is 23.7 Å². The number of carbonyl (C=O) groups is 1. The fourth-order valence-corrected chi connectivity index (χ4v) is 5.85. The third-order valence-electron chi connectivity index (χ3n) is 8.13. The molecule has 0 unspecified atom stereocenters. The van der Waals surface area contributed by atoms with Crippen molar-refractivity contribution in [1.82, 2.24) is 20.3 Å². The molecule has 0 saturated heterocycles. The number of pyridine rings is 1. The third kappa shape index (κ3) is 6.58. The number of fused-ring (bicyclic) bond motifs is 3. The summed E-state index contributed by atoms with van der Waals surface area (Å²) in [4.78, 5) is 26.4. The number of hydrogen-bond donors (Lipinski definition) is 3. The van der Waals surface area contributed by atoms with Crippen LogP contribution in [0.5, 0.6) is 0 Å². The van der Waals surface area contributed by atoms with Crippen LogP contribution in [0.3, 0.4) is 0 Å². The number of halogens is 1. The average molecular weight is 577 g/mol. The van der Waals surface area contributed by atoms with E-state index in [-0.39, 0.29) is 11.7 Å². The molecule has 1 aliphatic carbocycles. The minimum Gasteiger partial charge on any atom is -0.384 e. The van der Waals surface area contributed by atoms with Crippen molar-refractivity contribution in [3.8, 4) is 0 Å². The van der Waals surface area contributed by atoms with Gasteiger partial charge in [0.05, 0.1) is 16.7 Å². The molecule has 6 rings (SSSR count). The minimum atomic E-state index is -0.363. The molecule has 8 heteroatoms. The van der Waals surface area contributed by atoms with Crippen molar-refractivity contribution < 1.29 is 9.18 Å². The lowest BCUT2D eigenvalue weighted by Gasteiger charge is -2.22. The third-order valence-corrected chi connectivity index (χ3v) is 8.13. The van der Waals surface area contributed by atoms with Gasteiger partial charge in [0.15, 0.2) is 0 Å². The van der Waals surface area contributed by atoms with Crippen LogP contribution in [0.15, 0.2) is 67.0 Å². The van der Waals surface area contributed by atoms with Crippen LogP contribution in [0.25, 0.3) is 21.8 Å². The van der Waals surface area contributed by atoms with E-state index in [1.165, 1.54) is 53.1 Å². The van der Waals surface area contributed by atoms with Gasteiger partial charge >= 0.3 is 0 Å². The standard InChI is InChI=1S/C35H37FN6O/c1-23-14-17-30-27(20-23)33(25-10-4-6-12-29(25)41-30)37-18-8-2-3-9-19-38-35(43)24-15-16-26-32(21-24)39-22-40-34(26)42-31-13-7-5-11-28(31)36/h5,7,11,13-17,20-22H,2-4,6,8-10,12,18-19H2,1H3,(H,37,41)(H,38,43)(H,39,40,42). The lowest BCUT2D eigenvalue weighted by molar-refractivity contribution is 0.0953. The first-order valence-electron chi connectivity index (χ1n) is 15.3. The highest BCUT2D eigenvalue weighted by molar-refractivity contribution is 6.00. The van der Waals surface area contributed by atoms with E-state index in [0.717, 1.165) is 50.6 Å². The summed E-state index contributed by atoms with van der Waals surface area (Å²) in [6.45, 7) is 3.69. The summed E-state index contributed by atoms with van der Waals surface area (Å²) in [6.07, 6.45) is 10.2. The number of unbranched alkanes of at least 4 members (excludes halogenated alkanes) is 3. The van der Waals surface area contributed by atoms with Gasteiger partial charge in [0.2, 0.25) is 0 Å². The van der Waals surface area contributed by atoms with Crippen LogP contribution in [-0.2, 0) is 12.8 Å². The zero-order valence-corrected chi connectivity index (χ0v) is 24.5. The highest BCUT2D eigenvalue weighted by atomic mass is 19.1. The van der Waals surface area contributed by atoms with Gasteiger partial charge in [-0.25, -0.2) is 14.4 Å². The Morgan fingerprint density at radius 1 is 0.860 bits per heavy atom. The predicted molar refractivity (Wildman–Crippen MR) is 172 cm³/mol. The monoisotopic (exact) mass is 576 g/mol. The van der Waals surface area contributed by atoms with Crippen molar-refractivity contribution in [3.63, 3.8) is 0 Å². The molecule has 3 aromatic carbocycles. The molecule has 2 aromatic heterocycles. The Balaban J connectivity index is 0.972. The van der Waals surface area contributed by atoms with E-state index in [2.05, 4.69) is 51.0 Å². The summed E-state index contributed by atoms with van der Waals surface area (Å²) < 4.78 is 14.1. The molecule has 0 fully saturated rings. The fraction of sp³-hybridized carbons (Fsp3) is 0.314. The average Bonchev–Trinajstić information content (AvgIpc) is 3.03. The van der Waals surface area contributed by atoms with Gasteiger partial charge in [-0.1, -0.05) is 36.6 Å². The zero-order valence-electron chi connectivity index (χ0n) is 24.5. The maximum atomic E-state index is 14.1. The molecular formula is C35H37FN6O. The Morgan fingerprint density at radius 3 is 2.58 bits per heavy atom. The van der Waals surface area contributed by atoms with E-state index in [1.54, 1.807) is 36.4 Å². The molecule has 1 amide bonds. The van der Waals surface area contributed by atoms with E-state index in [1.807, 2.05) is 0 Å². The second-order valence-corrected chi connectivity index (χ2v) is 11.3. The molecule has 0 spiro atoms. The van der Waals surface area contributed by atoms with Gasteiger partial charge in [0, 0.05) is 40.8 Å². The van der Waals surface area contributed by atoms with Crippen LogP contribution >= 0.6 is 0 Å². The number of para-hydroxylation sites is 1. The van der Waals surface area contributed by atoms with E-state index in [0.29, 0.717) is 34.5 Å². The molecule has 220 valence electrons. The Labute approximate surface area is 251 Å². The largest absolute Gasteiger partial charge is 0.384 e. The van der Waals surface area contributed by atoms with E-state index >= 15 is 0 Å². The van der Waals surface area contributed by atoms with Gasteiger partial charge in [-0.15, -0.1) is 0 Å². The first-order chi connectivity index (χ1) is 21.1. The molecule has 7 nitrogen and oxygen atoms in total. The molecule has 1 aliphatic rings. The number of aromatic nitrogens is 3. The Bertz CT molecular complexity index is 1770. The highest BCUT2D eigenvalue weighted by Gasteiger charge is 2.18. The molecule has 0 radical (unpaired) electrons. The Kier molecular flexibility index (Phi) is 8.72. The van der Waals surface area contributed by atoms with Crippen molar-refractivity contribution in [3.05, 3.63) is 95.2 Å². The molecular weight excluding hydrogens is 539 g/mol. The Hall–Kier alpha value is -4.59. The van der Waals surface area contributed by atoms with Crippen molar-refractivity contribution in [2.24, 2.45) is 0 Å². The summed E-state index contributed by atoms with van der Waals surface area (Å²) in [6, 6.07) is 18.3. The quantitative estimate of drug-likeness (QED) is 0.140. The van der Waals surface area contributed by atoms with Crippen LogP contribution in [-0.4, -0.2) is 33.9 Å². The highest BCUT2D eigenvalue weighted by Crippen LogP contribution is 2.34. The molecule has 0 atom stereocenters. The van der Waals surface area contributed by atoms with Crippen LogP contribution < -0.4 is 16.0 Å². The lowest BCUT2D eigenvalue weighted by atomic mass is 9.92. The number of aryl methyl sites for hydroxylation is 2. The minimum absolute atomic E-state index is 0.129. The SMILES string of the molecule is Cc1ccc2nc3c(c(NCCCCCCNC(=O)c4ccc5c(Nc6ccccc6F)ncnc5c4)c2c1)CCCC3. The van der Waals surface area contributed by atoms with Crippen LogP contribution in [0.4, 0.5) is 21.6 Å². The van der Waals surface area contributed by atoms with Crippen molar-refractivity contribution in [2.45, 2.75) is 58.3 Å². The Morgan fingerprint density at radius 2 is 1.70 bits per heavy atom. The second-order valence-electron chi connectivity index (χ2n) is 11.3. The summed E-state index contributed by atoms with van der Waals surface area (Å²) in [5.41, 5.74) is 7.79. The topological polar surface area (TPSA) is 91.8 Å². The van der Waals surface area contributed by atoms with E-state index in [9.17, 15) is 9.18 Å². The summed E-state index contributed by atoms with van der Waals surface area (Å²) in [5.74, 6) is -0.00316. The maximum Gasteiger partial charge on any atom is 0.251 e. The number of anilines is 3. The molecule has 5 aromatic rings. The number of benzene rings is 3. The van der Waals surface area contributed by atoms with Crippen LogP contribution in [0.2, 0.25) is 0 Å². The molecule has 0 bridgehead atoms. The molecule has 43 heavy (non-hydrogen) atoms. The number of rotatable bonds is 11. The summed E-state index contributed by atoms with van der Waals surface area (Å²) >= 11 is 0. The first-order valence-corrected chi connectivity index (χ1v) is 15.3. The first kappa shape index (κ1) is 28.5. The second kappa shape index (κ2) is 13.2. The predicted octanol–water partition coefficient (Wildman–Crippen LogP) is 7.65. The van der Waals surface area contributed by atoms with E-state index in [4.69, 9.17) is 4.98 Å². The van der Waals surface area contributed by atoms with Gasteiger partial charge in [0.1, 0.15) is 18.0 Å². The van der Waals surface area contributed by atoms with Gasteiger partial charge in [-0.2, -0.15) is 0 Å². The molecule has 0 saturated carbocycles. The van der Waals surface area contributed by atoms with Gasteiger partial charge < -0.3 is 16.0 Å². The number of amides is 1. The van der Waals surface area contributed by atoms with Crippen molar-refractivity contribution in [1.29, 1.82) is 0 Å². The van der Waals surface area contributed by atoms with Gasteiger partial charge in [-0.3, -0.25) is 9.78 Å². The van der Waals surface area contributed by atoms with Crippen molar-refractivity contribution >= 4 is 44.9 Å².